The summed E-state index contributed by atoms with van der Waals surface area (Å²) >= 11 is 10.8. The van der Waals surface area contributed by atoms with Crippen LogP contribution in [0.4, 0.5) is 0 Å². The molecule has 0 saturated carbocycles. The fourth-order valence-corrected chi connectivity index (χ4v) is 2.08. The van der Waals surface area contributed by atoms with Crippen molar-refractivity contribution in [2.75, 3.05) is 0 Å². The molecule has 1 aromatic heterocycles. The zero-order chi connectivity index (χ0) is 9.35. The first-order valence-electron chi connectivity index (χ1n) is 2.54. The van der Waals surface area contributed by atoms with Crippen molar-refractivity contribution in [3.05, 3.63) is 16.4 Å². The molecule has 4 nitrogen and oxygen atoms in total. The van der Waals surface area contributed by atoms with E-state index in [9.17, 15) is 8.42 Å². The van der Waals surface area contributed by atoms with Gasteiger partial charge >= 0.3 is 0 Å². The normalized spacial score (nSPS) is 11.6. The van der Waals surface area contributed by atoms with Crippen molar-refractivity contribution in [3.8, 4) is 0 Å². The smallest absolute Gasteiger partial charge is 0.207 e. The number of halogens is 3. The summed E-state index contributed by atoms with van der Waals surface area (Å²) in [5.74, 6) is 0. The maximum atomic E-state index is 10.8. The van der Waals surface area contributed by atoms with Gasteiger partial charge in [-0.2, -0.15) is 0 Å². The van der Waals surface area contributed by atoms with Crippen molar-refractivity contribution in [3.63, 3.8) is 0 Å². The van der Waals surface area contributed by atoms with Crippen LogP contribution in [0.3, 0.4) is 0 Å². The molecule has 12 heavy (non-hydrogen) atoms. The summed E-state index contributed by atoms with van der Waals surface area (Å²) in [6.07, 6.45) is 0. The third-order valence-corrected chi connectivity index (χ3v) is 2.86. The van der Waals surface area contributed by atoms with Crippen LogP contribution in [-0.2, 0) is 9.05 Å². The molecule has 0 aliphatic heterocycles. The minimum absolute atomic E-state index is 0.0846. The highest BCUT2D eigenvalue weighted by molar-refractivity contribution is 8.13. The Hall–Kier alpha value is -0.100. The van der Waals surface area contributed by atoms with Crippen LogP contribution in [0.15, 0.2) is 11.0 Å². The van der Waals surface area contributed by atoms with Crippen molar-refractivity contribution in [2.45, 2.75) is 4.90 Å². The number of nitrogens with zero attached hydrogens (tertiary/aromatic N) is 2. The second-order valence-electron chi connectivity index (χ2n) is 1.76. The Bertz CT molecular complexity index is 405. The zero-order valence-corrected chi connectivity index (χ0v) is 8.41. The van der Waals surface area contributed by atoms with E-state index in [2.05, 4.69) is 10.2 Å². The predicted octanol–water partition coefficient (Wildman–Crippen LogP) is 1.71. The molecule has 0 aliphatic rings. The fourth-order valence-electron chi connectivity index (χ4n) is 0.509. The molecule has 0 N–H and O–H groups in total. The second-order valence-corrected chi connectivity index (χ2v) is 5.04. The second kappa shape index (κ2) is 3.33. The molecule has 0 aromatic carbocycles. The van der Waals surface area contributed by atoms with Crippen LogP contribution < -0.4 is 0 Å². The van der Waals surface area contributed by atoms with Crippen LogP contribution in [0, 0.1) is 0 Å². The van der Waals surface area contributed by atoms with Crippen LogP contribution >= 0.6 is 33.9 Å². The van der Waals surface area contributed by atoms with Crippen molar-refractivity contribution in [1.29, 1.82) is 0 Å². The van der Waals surface area contributed by atoms with E-state index in [0.29, 0.717) is 0 Å². The van der Waals surface area contributed by atoms with Gasteiger partial charge in [-0.3, -0.25) is 0 Å². The molecule has 0 fully saturated rings. The number of hydrogen-bond donors (Lipinski definition) is 0. The van der Waals surface area contributed by atoms with Gasteiger partial charge in [0.25, 0.3) is 9.05 Å². The lowest BCUT2D eigenvalue weighted by molar-refractivity contribution is 0.609. The first-order chi connectivity index (χ1) is 5.41. The van der Waals surface area contributed by atoms with E-state index in [-0.39, 0.29) is 15.2 Å². The molecule has 1 rings (SSSR count). The Morgan fingerprint density at radius 1 is 1.25 bits per heavy atom. The lowest BCUT2D eigenvalue weighted by atomic mass is 10.6. The number of hydrogen-bond acceptors (Lipinski definition) is 4. The largest absolute Gasteiger partial charge is 0.264 e. The molecular formula is C4HCl3N2O2S. The van der Waals surface area contributed by atoms with Crippen LogP contribution in [0.25, 0.3) is 0 Å². The standard InChI is InChI=1S/C4HCl3N2O2S/c5-3-1-2(12(7,10)11)4(6)9-8-3/h1H. The third kappa shape index (κ3) is 2.20. The van der Waals surface area contributed by atoms with Crippen molar-refractivity contribution < 1.29 is 8.42 Å². The van der Waals surface area contributed by atoms with Gasteiger partial charge in [-0.1, -0.05) is 23.2 Å². The summed E-state index contributed by atoms with van der Waals surface area (Å²) in [5.41, 5.74) is 0. The Morgan fingerprint density at radius 3 is 2.25 bits per heavy atom. The van der Waals surface area contributed by atoms with Gasteiger partial charge in [-0.05, 0) is 0 Å². The van der Waals surface area contributed by atoms with Gasteiger partial charge in [0.1, 0.15) is 4.90 Å². The molecule has 0 amide bonds. The summed E-state index contributed by atoms with van der Waals surface area (Å²) in [4.78, 5) is -0.342. The van der Waals surface area contributed by atoms with Crippen molar-refractivity contribution in [1.82, 2.24) is 10.2 Å². The topological polar surface area (TPSA) is 59.9 Å². The Kier molecular flexibility index (Phi) is 2.77. The molecule has 1 aromatic rings. The van der Waals surface area contributed by atoms with E-state index in [1.165, 1.54) is 0 Å². The van der Waals surface area contributed by atoms with Gasteiger partial charge < -0.3 is 0 Å². The minimum atomic E-state index is -3.90. The van der Waals surface area contributed by atoms with E-state index in [0.717, 1.165) is 6.07 Å². The lowest BCUT2D eigenvalue weighted by Crippen LogP contribution is -1.95. The maximum Gasteiger partial charge on any atom is 0.264 e. The van der Waals surface area contributed by atoms with E-state index >= 15 is 0 Å². The van der Waals surface area contributed by atoms with Crippen LogP contribution in [0.5, 0.6) is 0 Å². The lowest BCUT2D eigenvalue weighted by Gasteiger charge is -1.96. The molecule has 1 heterocycles. The summed E-state index contributed by atoms with van der Waals surface area (Å²) in [7, 11) is 1.09. The quantitative estimate of drug-likeness (QED) is 0.709. The molecule has 66 valence electrons. The molecule has 0 saturated heterocycles. The van der Waals surface area contributed by atoms with Crippen LogP contribution in [0.1, 0.15) is 0 Å². The molecular weight excluding hydrogens is 246 g/mol. The Morgan fingerprint density at radius 2 is 1.83 bits per heavy atom. The van der Waals surface area contributed by atoms with E-state index in [1.807, 2.05) is 0 Å². The third-order valence-electron chi connectivity index (χ3n) is 0.950. The molecule has 0 bridgehead atoms. The highest BCUT2D eigenvalue weighted by Gasteiger charge is 2.16. The highest BCUT2D eigenvalue weighted by atomic mass is 35.7. The first-order valence-corrected chi connectivity index (χ1v) is 5.61. The number of rotatable bonds is 1. The van der Waals surface area contributed by atoms with Gasteiger partial charge in [0, 0.05) is 16.7 Å². The van der Waals surface area contributed by atoms with Gasteiger partial charge in [-0.15, -0.1) is 10.2 Å². The first kappa shape index (κ1) is 9.98. The summed E-state index contributed by atoms with van der Waals surface area (Å²) in [5, 5.41) is 6.20. The summed E-state index contributed by atoms with van der Waals surface area (Å²) in [6, 6.07) is 1.03. The average molecular weight is 247 g/mol. The van der Waals surface area contributed by atoms with Crippen molar-refractivity contribution >= 4 is 42.9 Å². The van der Waals surface area contributed by atoms with Crippen LogP contribution in [-0.4, -0.2) is 18.6 Å². The zero-order valence-electron chi connectivity index (χ0n) is 5.33. The number of aromatic nitrogens is 2. The average Bonchev–Trinajstić information content (AvgIpc) is 1.92. The molecule has 0 unspecified atom stereocenters. The monoisotopic (exact) mass is 246 g/mol. The van der Waals surface area contributed by atoms with Crippen molar-refractivity contribution in [2.24, 2.45) is 0 Å². The fraction of sp³-hybridized carbons (Fsp3) is 0. The van der Waals surface area contributed by atoms with Gasteiger partial charge in [-0.25, -0.2) is 8.42 Å². The maximum absolute atomic E-state index is 10.8. The molecule has 0 aliphatic carbocycles. The van der Waals surface area contributed by atoms with E-state index < -0.39 is 9.05 Å². The molecule has 8 heteroatoms. The summed E-state index contributed by atoms with van der Waals surface area (Å²) < 4.78 is 21.5. The minimum Gasteiger partial charge on any atom is -0.207 e. The Labute approximate surface area is 82.9 Å². The molecule has 0 spiro atoms. The van der Waals surface area contributed by atoms with Gasteiger partial charge in [0.15, 0.2) is 10.3 Å². The molecule has 0 atom stereocenters. The predicted molar refractivity (Wildman–Crippen MR) is 45.1 cm³/mol. The Balaban J connectivity index is 3.43. The van der Waals surface area contributed by atoms with Gasteiger partial charge in [0.05, 0.1) is 0 Å². The van der Waals surface area contributed by atoms with Gasteiger partial charge in [0.2, 0.25) is 0 Å². The highest BCUT2D eigenvalue weighted by Crippen LogP contribution is 2.23. The summed E-state index contributed by atoms with van der Waals surface area (Å²) in [6.45, 7) is 0. The molecule has 0 radical (unpaired) electrons. The van der Waals surface area contributed by atoms with E-state index in [4.69, 9.17) is 33.9 Å². The van der Waals surface area contributed by atoms with E-state index in [1.54, 1.807) is 0 Å². The van der Waals surface area contributed by atoms with Crippen LogP contribution in [0.2, 0.25) is 10.3 Å². The SMILES string of the molecule is O=S(=O)(Cl)c1cc(Cl)nnc1Cl.